The van der Waals surface area contributed by atoms with Gasteiger partial charge >= 0.3 is 6.16 Å². The van der Waals surface area contributed by atoms with Crippen LogP contribution < -0.4 is 15.4 Å². The molecular formula is C26H26N2O5. The normalized spacial score (nSPS) is 10.2. The fourth-order valence-electron chi connectivity index (χ4n) is 3.07. The third-order valence-electron chi connectivity index (χ3n) is 4.89. The number of anilines is 1. The molecule has 0 radical (unpaired) electrons. The topological polar surface area (TPSA) is 93.7 Å². The fourth-order valence-corrected chi connectivity index (χ4v) is 3.07. The molecule has 0 atom stereocenters. The Labute approximate surface area is 192 Å². The lowest BCUT2D eigenvalue weighted by Gasteiger charge is -2.09. The van der Waals surface area contributed by atoms with E-state index in [4.69, 9.17) is 9.47 Å². The molecule has 33 heavy (non-hydrogen) atoms. The predicted molar refractivity (Wildman–Crippen MR) is 125 cm³/mol. The highest BCUT2D eigenvalue weighted by Gasteiger charge is 2.09. The number of hydrogen-bond donors (Lipinski definition) is 2. The van der Waals surface area contributed by atoms with Gasteiger partial charge in [0.05, 0.1) is 13.0 Å². The molecule has 0 unspecified atom stereocenters. The quantitative estimate of drug-likeness (QED) is 0.388. The van der Waals surface area contributed by atoms with Gasteiger partial charge in [0.15, 0.2) is 0 Å². The van der Waals surface area contributed by atoms with Crippen molar-refractivity contribution < 1.29 is 23.9 Å². The zero-order chi connectivity index (χ0) is 23.6. The first-order valence-corrected chi connectivity index (χ1v) is 10.6. The van der Waals surface area contributed by atoms with Gasteiger partial charge in [0, 0.05) is 17.8 Å². The molecule has 2 N–H and O–H groups in total. The summed E-state index contributed by atoms with van der Waals surface area (Å²) in [5, 5.41) is 5.73. The molecule has 0 aliphatic rings. The van der Waals surface area contributed by atoms with E-state index in [9.17, 15) is 14.4 Å². The molecule has 2 amide bonds. The van der Waals surface area contributed by atoms with Crippen molar-refractivity contribution in [2.24, 2.45) is 0 Å². The van der Waals surface area contributed by atoms with Crippen LogP contribution in [0.1, 0.15) is 34.0 Å². The Morgan fingerprint density at radius 3 is 2.24 bits per heavy atom. The van der Waals surface area contributed by atoms with Crippen molar-refractivity contribution in [3.63, 3.8) is 0 Å². The van der Waals surface area contributed by atoms with Crippen LogP contribution in [0.25, 0.3) is 0 Å². The second-order valence-electron chi connectivity index (χ2n) is 7.34. The maximum Gasteiger partial charge on any atom is 0.513 e. The molecule has 0 spiro atoms. The Morgan fingerprint density at radius 1 is 0.879 bits per heavy atom. The first-order chi connectivity index (χ1) is 15.9. The van der Waals surface area contributed by atoms with E-state index >= 15 is 0 Å². The predicted octanol–water partition coefficient (Wildman–Crippen LogP) is 4.64. The molecule has 0 aliphatic heterocycles. The Bertz CT molecular complexity index is 1110. The molecule has 7 nitrogen and oxygen atoms in total. The van der Waals surface area contributed by atoms with Crippen LogP contribution in [0.15, 0.2) is 72.8 Å². The molecule has 0 saturated heterocycles. The van der Waals surface area contributed by atoms with Crippen LogP contribution in [0.4, 0.5) is 10.5 Å². The summed E-state index contributed by atoms with van der Waals surface area (Å²) < 4.78 is 9.69. The number of carbonyl (C=O) groups is 3. The highest BCUT2D eigenvalue weighted by molar-refractivity contribution is 6.04. The number of aryl methyl sites for hydroxylation is 1. The second-order valence-corrected chi connectivity index (χ2v) is 7.34. The van der Waals surface area contributed by atoms with Crippen molar-refractivity contribution >= 4 is 23.7 Å². The minimum atomic E-state index is -0.791. The smallest absolute Gasteiger partial charge is 0.434 e. The SMILES string of the molecule is CCOC(=O)Oc1ccc(C(=O)Nc2ccc(CNC(=O)Cc3ccccc3C)cc2)cc1. The Hall–Kier alpha value is -4.13. The van der Waals surface area contributed by atoms with Crippen molar-refractivity contribution in [1.82, 2.24) is 5.32 Å². The van der Waals surface area contributed by atoms with E-state index in [-0.39, 0.29) is 18.4 Å². The molecule has 3 aromatic carbocycles. The van der Waals surface area contributed by atoms with E-state index in [0.717, 1.165) is 16.7 Å². The van der Waals surface area contributed by atoms with Gasteiger partial charge in [-0.15, -0.1) is 0 Å². The molecule has 0 bridgehead atoms. The van der Waals surface area contributed by atoms with Crippen LogP contribution in [0.3, 0.4) is 0 Å². The first-order valence-electron chi connectivity index (χ1n) is 10.6. The number of hydrogen-bond acceptors (Lipinski definition) is 5. The summed E-state index contributed by atoms with van der Waals surface area (Å²) in [5.74, 6) is -0.0483. The van der Waals surface area contributed by atoms with Gasteiger partial charge in [0.2, 0.25) is 5.91 Å². The van der Waals surface area contributed by atoms with Gasteiger partial charge in [-0.05, 0) is 66.9 Å². The Morgan fingerprint density at radius 2 is 1.58 bits per heavy atom. The van der Waals surface area contributed by atoms with Gasteiger partial charge in [0.1, 0.15) is 5.75 Å². The number of amides is 2. The zero-order valence-corrected chi connectivity index (χ0v) is 18.6. The van der Waals surface area contributed by atoms with E-state index in [1.165, 1.54) is 12.1 Å². The molecule has 3 aromatic rings. The molecule has 0 aliphatic carbocycles. The van der Waals surface area contributed by atoms with Gasteiger partial charge in [-0.2, -0.15) is 0 Å². The maximum absolute atomic E-state index is 12.5. The highest BCUT2D eigenvalue weighted by atomic mass is 16.7. The number of carbonyl (C=O) groups excluding carboxylic acids is 3. The Balaban J connectivity index is 1.48. The second kappa shape index (κ2) is 11.5. The highest BCUT2D eigenvalue weighted by Crippen LogP contribution is 2.16. The van der Waals surface area contributed by atoms with Crippen molar-refractivity contribution in [2.45, 2.75) is 26.8 Å². The van der Waals surface area contributed by atoms with E-state index in [1.807, 2.05) is 43.3 Å². The Kier molecular flexibility index (Phi) is 8.18. The number of benzene rings is 3. The van der Waals surface area contributed by atoms with Crippen molar-refractivity contribution in [3.8, 4) is 5.75 Å². The zero-order valence-electron chi connectivity index (χ0n) is 18.6. The van der Waals surface area contributed by atoms with Crippen molar-refractivity contribution in [3.05, 3.63) is 95.1 Å². The number of nitrogens with one attached hydrogen (secondary N) is 2. The van der Waals surface area contributed by atoms with Crippen LogP contribution in [0.5, 0.6) is 5.75 Å². The van der Waals surface area contributed by atoms with Gasteiger partial charge < -0.3 is 20.1 Å². The minimum Gasteiger partial charge on any atom is -0.434 e. The lowest BCUT2D eigenvalue weighted by Crippen LogP contribution is -2.24. The molecule has 0 aromatic heterocycles. The number of ether oxygens (including phenoxy) is 2. The average molecular weight is 447 g/mol. The van der Waals surface area contributed by atoms with E-state index < -0.39 is 6.16 Å². The molecule has 170 valence electrons. The van der Waals surface area contributed by atoms with Gasteiger partial charge in [-0.25, -0.2) is 4.79 Å². The van der Waals surface area contributed by atoms with Crippen LogP contribution in [-0.4, -0.2) is 24.6 Å². The van der Waals surface area contributed by atoms with Crippen molar-refractivity contribution in [2.75, 3.05) is 11.9 Å². The van der Waals surface area contributed by atoms with E-state index in [2.05, 4.69) is 10.6 Å². The minimum absolute atomic E-state index is 0.0444. The van der Waals surface area contributed by atoms with Crippen LogP contribution in [0, 0.1) is 6.92 Å². The van der Waals surface area contributed by atoms with E-state index in [1.54, 1.807) is 31.2 Å². The summed E-state index contributed by atoms with van der Waals surface area (Å²) in [5.41, 5.74) is 4.06. The molecule has 7 heteroatoms. The summed E-state index contributed by atoms with van der Waals surface area (Å²) in [4.78, 5) is 36.0. The molecule has 0 heterocycles. The third-order valence-corrected chi connectivity index (χ3v) is 4.89. The fraction of sp³-hybridized carbons (Fsp3) is 0.192. The standard InChI is InChI=1S/C26H26N2O5/c1-3-32-26(31)33-23-14-10-20(11-15-23)25(30)28-22-12-8-19(9-13-22)17-27-24(29)16-21-7-5-4-6-18(21)2/h4-15H,3,16-17H2,1-2H3,(H,27,29)(H,28,30). The van der Waals surface area contributed by atoms with Gasteiger partial charge in [-0.1, -0.05) is 36.4 Å². The number of rotatable bonds is 8. The summed E-state index contributed by atoms with van der Waals surface area (Å²) in [7, 11) is 0. The molecule has 3 rings (SSSR count). The largest absolute Gasteiger partial charge is 0.513 e. The lowest BCUT2D eigenvalue weighted by molar-refractivity contribution is -0.120. The molecule has 0 saturated carbocycles. The van der Waals surface area contributed by atoms with Gasteiger partial charge in [0.25, 0.3) is 5.91 Å². The molecular weight excluding hydrogens is 420 g/mol. The summed E-state index contributed by atoms with van der Waals surface area (Å²) >= 11 is 0. The summed E-state index contributed by atoms with van der Waals surface area (Å²) in [6, 6.07) is 21.2. The monoisotopic (exact) mass is 446 g/mol. The van der Waals surface area contributed by atoms with E-state index in [0.29, 0.717) is 30.0 Å². The summed E-state index contributed by atoms with van der Waals surface area (Å²) in [6.07, 6.45) is -0.453. The van der Waals surface area contributed by atoms with Crippen LogP contribution in [0.2, 0.25) is 0 Å². The van der Waals surface area contributed by atoms with Gasteiger partial charge in [-0.3, -0.25) is 9.59 Å². The average Bonchev–Trinajstić information content (AvgIpc) is 2.81. The third kappa shape index (κ3) is 7.21. The lowest BCUT2D eigenvalue weighted by atomic mass is 10.1. The van der Waals surface area contributed by atoms with Crippen LogP contribution in [-0.2, 0) is 22.5 Å². The maximum atomic E-state index is 12.5. The first kappa shape index (κ1) is 23.5. The van der Waals surface area contributed by atoms with Crippen molar-refractivity contribution in [1.29, 1.82) is 0 Å². The van der Waals surface area contributed by atoms with Crippen LogP contribution >= 0.6 is 0 Å². The molecule has 0 fully saturated rings. The summed E-state index contributed by atoms with van der Waals surface area (Å²) in [6.45, 7) is 4.30.